The SMILES string of the molecule is CC(C)(C)OC(=O)n1c(CN2CCN(Cc3ccc4c(N)ncnc4c3)C(=O)C2)c(C#C[Si](C)(C)C)c2cc(Cl)ccc21. The van der Waals surface area contributed by atoms with Crippen molar-refractivity contribution in [2.24, 2.45) is 0 Å². The molecule has 9 nitrogen and oxygen atoms in total. The molecule has 0 bridgehead atoms. The summed E-state index contributed by atoms with van der Waals surface area (Å²) in [5.74, 6) is 3.84. The van der Waals surface area contributed by atoms with Crippen LogP contribution in [0, 0.1) is 11.5 Å². The van der Waals surface area contributed by atoms with Gasteiger partial charge in [0.2, 0.25) is 5.91 Å². The predicted octanol–water partition coefficient (Wildman–Crippen LogP) is 5.68. The summed E-state index contributed by atoms with van der Waals surface area (Å²) >= 11 is 6.42. The Bertz CT molecular complexity index is 1790. The number of nitrogen functional groups attached to an aromatic ring is 1. The molecule has 1 aliphatic heterocycles. The van der Waals surface area contributed by atoms with E-state index in [1.165, 1.54) is 6.33 Å². The number of carbonyl (C=O) groups is 2. The lowest BCUT2D eigenvalue weighted by Gasteiger charge is -2.34. The van der Waals surface area contributed by atoms with Crippen LogP contribution < -0.4 is 5.73 Å². The van der Waals surface area contributed by atoms with Crippen LogP contribution in [-0.2, 0) is 22.6 Å². The second kappa shape index (κ2) is 11.6. The van der Waals surface area contributed by atoms with Crippen LogP contribution in [-0.4, -0.2) is 69.6 Å². The first kappa shape index (κ1) is 30.5. The first-order valence-corrected chi connectivity index (χ1v) is 18.1. The molecule has 0 radical (unpaired) electrons. The number of hydrogen-bond acceptors (Lipinski definition) is 7. The molecule has 0 saturated carbocycles. The number of nitrogens with zero attached hydrogens (tertiary/aromatic N) is 5. The van der Waals surface area contributed by atoms with E-state index in [9.17, 15) is 9.59 Å². The van der Waals surface area contributed by atoms with Gasteiger partial charge in [-0.15, -0.1) is 5.54 Å². The van der Waals surface area contributed by atoms with Crippen LogP contribution in [0.3, 0.4) is 0 Å². The summed E-state index contributed by atoms with van der Waals surface area (Å²) in [5, 5.41) is 2.14. The van der Waals surface area contributed by atoms with Gasteiger partial charge in [0.15, 0.2) is 0 Å². The maximum Gasteiger partial charge on any atom is 0.419 e. The first-order valence-electron chi connectivity index (χ1n) is 14.3. The summed E-state index contributed by atoms with van der Waals surface area (Å²) in [4.78, 5) is 39.3. The minimum Gasteiger partial charge on any atom is -0.443 e. The molecule has 4 aromatic rings. The van der Waals surface area contributed by atoms with Crippen LogP contribution in [0.1, 0.15) is 37.6 Å². The molecule has 3 heterocycles. The molecule has 0 aliphatic carbocycles. The maximum absolute atomic E-state index is 13.6. The highest BCUT2D eigenvalue weighted by Crippen LogP contribution is 2.31. The average molecular weight is 617 g/mol. The zero-order valence-electron chi connectivity index (χ0n) is 25.5. The lowest BCUT2D eigenvalue weighted by atomic mass is 10.1. The predicted molar refractivity (Wildman–Crippen MR) is 173 cm³/mol. The van der Waals surface area contributed by atoms with E-state index >= 15 is 0 Å². The van der Waals surface area contributed by atoms with E-state index < -0.39 is 19.8 Å². The van der Waals surface area contributed by atoms with E-state index in [1.54, 1.807) is 10.6 Å². The molecular formula is C32H37ClN6O3Si. The van der Waals surface area contributed by atoms with E-state index in [0.29, 0.717) is 48.2 Å². The number of rotatable bonds is 4. The summed E-state index contributed by atoms with van der Waals surface area (Å²) in [6.07, 6.45) is 0.958. The molecule has 1 aliphatic rings. The van der Waals surface area contributed by atoms with Gasteiger partial charge in [-0.25, -0.2) is 19.3 Å². The number of piperazine rings is 1. The van der Waals surface area contributed by atoms with E-state index in [2.05, 4.69) is 46.0 Å². The van der Waals surface area contributed by atoms with Crippen molar-refractivity contribution in [1.29, 1.82) is 0 Å². The largest absolute Gasteiger partial charge is 0.443 e. The number of halogens is 1. The van der Waals surface area contributed by atoms with Gasteiger partial charge in [0.25, 0.3) is 0 Å². The van der Waals surface area contributed by atoms with Gasteiger partial charge in [-0.05, 0) is 56.7 Å². The molecule has 0 atom stereocenters. The van der Waals surface area contributed by atoms with Crippen molar-refractivity contribution < 1.29 is 14.3 Å². The second-order valence-electron chi connectivity index (χ2n) is 12.9. The molecule has 224 valence electrons. The third kappa shape index (κ3) is 7.01. The summed E-state index contributed by atoms with van der Waals surface area (Å²) in [6.45, 7) is 14.3. The molecule has 1 amide bonds. The van der Waals surface area contributed by atoms with Gasteiger partial charge < -0.3 is 15.4 Å². The Morgan fingerprint density at radius 1 is 1.07 bits per heavy atom. The third-order valence-electron chi connectivity index (χ3n) is 7.04. The van der Waals surface area contributed by atoms with Crippen LogP contribution in [0.4, 0.5) is 10.6 Å². The monoisotopic (exact) mass is 616 g/mol. The molecular weight excluding hydrogens is 580 g/mol. The average Bonchev–Trinajstić information content (AvgIpc) is 3.19. The highest BCUT2D eigenvalue weighted by molar-refractivity contribution is 6.83. The zero-order chi connectivity index (χ0) is 31.1. The number of anilines is 1. The van der Waals surface area contributed by atoms with Crippen molar-refractivity contribution in [1.82, 2.24) is 24.3 Å². The molecule has 0 unspecified atom stereocenters. The number of ether oxygens (including phenoxy) is 1. The summed E-state index contributed by atoms with van der Waals surface area (Å²) in [7, 11) is -1.76. The number of carbonyl (C=O) groups excluding carboxylic acids is 2. The van der Waals surface area contributed by atoms with Crippen LogP contribution in [0.15, 0.2) is 42.7 Å². The summed E-state index contributed by atoms with van der Waals surface area (Å²) in [5.41, 5.74) is 12.6. The van der Waals surface area contributed by atoms with Gasteiger partial charge >= 0.3 is 6.09 Å². The summed E-state index contributed by atoms with van der Waals surface area (Å²) < 4.78 is 7.44. The lowest BCUT2D eigenvalue weighted by Crippen LogP contribution is -2.49. The van der Waals surface area contributed by atoms with Crippen LogP contribution in [0.5, 0.6) is 0 Å². The number of hydrogen-bond donors (Lipinski definition) is 1. The van der Waals surface area contributed by atoms with Crippen molar-refractivity contribution in [3.63, 3.8) is 0 Å². The van der Waals surface area contributed by atoms with Gasteiger partial charge in [0.1, 0.15) is 25.8 Å². The van der Waals surface area contributed by atoms with E-state index in [1.807, 2.05) is 56.0 Å². The Hall–Kier alpha value is -3.91. The van der Waals surface area contributed by atoms with Gasteiger partial charge in [0, 0.05) is 42.0 Å². The zero-order valence-corrected chi connectivity index (χ0v) is 27.2. The van der Waals surface area contributed by atoms with Gasteiger partial charge in [0.05, 0.1) is 28.8 Å². The normalized spacial score (nSPS) is 14.7. The molecule has 0 spiro atoms. The fourth-order valence-electron chi connectivity index (χ4n) is 5.08. The first-order chi connectivity index (χ1) is 20.2. The second-order valence-corrected chi connectivity index (χ2v) is 18.1. The fourth-order valence-corrected chi connectivity index (χ4v) is 5.76. The van der Waals surface area contributed by atoms with Gasteiger partial charge in [-0.1, -0.05) is 43.2 Å². The Morgan fingerprint density at radius 3 is 2.53 bits per heavy atom. The van der Waals surface area contributed by atoms with E-state index in [4.69, 9.17) is 22.1 Å². The van der Waals surface area contributed by atoms with Crippen molar-refractivity contribution in [3.8, 4) is 11.5 Å². The Kier molecular flexibility index (Phi) is 8.27. The molecule has 2 N–H and O–H groups in total. The minimum absolute atomic E-state index is 0.00579. The third-order valence-corrected chi connectivity index (χ3v) is 8.15. The number of nitrogens with two attached hydrogens (primary N) is 1. The molecule has 2 aromatic heterocycles. The highest BCUT2D eigenvalue weighted by Gasteiger charge is 2.30. The smallest absolute Gasteiger partial charge is 0.419 e. The number of fused-ring (bicyclic) bond motifs is 2. The molecule has 1 fully saturated rings. The Balaban J connectivity index is 1.45. The fraction of sp³-hybridized carbons (Fsp3) is 0.375. The van der Waals surface area contributed by atoms with Crippen molar-refractivity contribution in [2.45, 2.75) is 59.1 Å². The number of aromatic nitrogens is 3. The van der Waals surface area contributed by atoms with Crippen molar-refractivity contribution in [2.75, 3.05) is 25.4 Å². The quantitative estimate of drug-likeness (QED) is 0.232. The molecule has 43 heavy (non-hydrogen) atoms. The van der Waals surface area contributed by atoms with Crippen molar-refractivity contribution >= 4 is 59.3 Å². The Morgan fingerprint density at radius 2 is 1.84 bits per heavy atom. The van der Waals surface area contributed by atoms with E-state index in [-0.39, 0.29) is 12.5 Å². The summed E-state index contributed by atoms with van der Waals surface area (Å²) in [6, 6.07) is 11.2. The maximum atomic E-state index is 13.6. The lowest BCUT2D eigenvalue weighted by molar-refractivity contribution is -0.136. The highest BCUT2D eigenvalue weighted by atomic mass is 35.5. The Labute approximate surface area is 258 Å². The molecule has 2 aromatic carbocycles. The van der Waals surface area contributed by atoms with Gasteiger partial charge in [-0.3, -0.25) is 9.69 Å². The number of amides is 1. The van der Waals surface area contributed by atoms with Crippen molar-refractivity contribution in [3.05, 3.63) is 64.6 Å². The molecule has 11 heteroatoms. The van der Waals surface area contributed by atoms with Crippen LogP contribution in [0.25, 0.3) is 21.8 Å². The minimum atomic E-state index is -1.76. The van der Waals surface area contributed by atoms with Crippen LogP contribution >= 0.6 is 11.6 Å². The van der Waals surface area contributed by atoms with Gasteiger partial charge in [-0.2, -0.15) is 0 Å². The molecule has 5 rings (SSSR count). The van der Waals surface area contributed by atoms with E-state index in [0.717, 1.165) is 27.4 Å². The topological polar surface area (TPSA) is 107 Å². The molecule has 1 saturated heterocycles. The van der Waals surface area contributed by atoms with Crippen LogP contribution in [0.2, 0.25) is 24.7 Å². The standard InChI is InChI=1S/C32H37ClN6O3Si/c1-32(2,3)42-31(41)39-27-10-8-22(33)16-25(27)23(11-14-43(4,5)6)28(39)18-37-12-13-38(29(40)19-37)17-21-7-9-24-26(15-21)35-20-36-30(24)34/h7-10,15-16,20H,12-13,17-19H2,1-6H3,(H2,34,35,36). The number of benzene rings is 2.